The van der Waals surface area contributed by atoms with Crippen LogP contribution in [0.4, 0.5) is 0 Å². The minimum atomic E-state index is 0.320. The summed E-state index contributed by atoms with van der Waals surface area (Å²) < 4.78 is 1.18. The van der Waals surface area contributed by atoms with Gasteiger partial charge in [-0.2, -0.15) is 0 Å². The van der Waals surface area contributed by atoms with Crippen LogP contribution in [0.15, 0.2) is 22.7 Å². The third-order valence-electron chi connectivity index (χ3n) is 3.41. The molecular weight excluding hydrogens is 278 g/mol. The fourth-order valence-corrected chi connectivity index (χ4v) is 2.90. The summed E-state index contributed by atoms with van der Waals surface area (Å²) in [7, 11) is 0. The molecule has 94 valence electrons. The zero-order chi connectivity index (χ0) is 12.1. The summed E-state index contributed by atoms with van der Waals surface area (Å²) >= 11 is 3.52. The highest BCUT2D eigenvalue weighted by Gasteiger charge is 2.21. The van der Waals surface area contributed by atoms with Gasteiger partial charge in [0.1, 0.15) is 0 Å². The molecule has 2 nitrogen and oxygen atoms in total. The molecule has 0 heterocycles. The number of aliphatic hydroxyl groups excluding tert-OH is 1. The lowest BCUT2D eigenvalue weighted by atomic mass is 10.1. The van der Waals surface area contributed by atoms with Gasteiger partial charge in [-0.1, -0.05) is 22.0 Å². The average Bonchev–Trinajstić information content (AvgIpc) is 2.71. The van der Waals surface area contributed by atoms with Gasteiger partial charge in [0, 0.05) is 17.1 Å². The minimum Gasteiger partial charge on any atom is -0.396 e. The van der Waals surface area contributed by atoms with E-state index in [4.69, 9.17) is 5.11 Å². The van der Waals surface area contributed by atoms with Gasteiger partial charge < -0.3 is 10.4 Å². The molecule has 2 N–H and O–H groups in total. The van der Waals surface area contributed by atoms with Gasteiger partial charge in [-0.05, 0) is 61.9 Å². The number of aliphatic hydroxyl groups is 1. The Kier molecular flexibility index (Phi) is 5.01. The lowest BCUT2D eigenvalue weighted by Gasteiger charge is -2.13. The number of hydrogen-bond donors (Lipinski definition) is 2. The van der Waals surface area contributed by atoms with Gasteiger partial charge in [-0.15, -0.1) is 0 Å². The summed E-state index contributed by atoms with van der Waals surface area (Å²) in [5, 5.41) is 12.3. The van der Waals surface area contributed by atoms with Crippen molar-refractivity contribution in [1.29, 1.82) is 0 Å². The molecule has 2 rings (SSSR count). The summed E-state index contributed by atoms with van der Waals surface area (Å²) in [6, 6.07) is 7.14. The molecule has 0 fully saturated rings. The molecule has 1 aliphatic rings. The summed E-state index contributed by atoms with van der Waals surface area (Å²) in [4.78, 5) is 0. The number of fused-ring (bicyclic) bond motifs is 1. The van der Waals surface area contributed by atoms with Gasteiger partial charge in [0.05, 0.1) is 0 Å². The maximum atomic E-state index is 8.71. The maximum absolute atomic E-state index is 8.71. The first-order valence-electron chi connectivity index (χ1n) is 6.44. The Hall–Kier alpha value is -0.380. The lowest BCUT2D eigenvalue weighted by molar-refractivity contribution is 0.282. The Morgan fingerprint density at radius 2 is 2.18 bits per heavy atom. The molecule has 0 saturated carbocycles. The van der Waals surface area contributed by atoms with Crippen molar-refractivity contribution in [2.75, 3.05) is 13.2 Å². The van der Waals surface area contributed by atoms with E-state index in [0.717, 1.165) is 25.8 Å². The van der Waals surface area contributed by atoms with Crippen molar-refractivity contribution in [3.63, 3.8) is 0 Å². The van der Waals surface area contributed by atoms with Gasteiger partial charge in [-0.3, -0.25) is 0 Å². The number of benzene rings is 1. The highest BCUT2D eigenvalue weighted by molar-refractivity contribution is 9.10. The smallest absolute Gasteiger partial charge is 0.0431 e. The average molecular weight is 298 g/mol. The predicted octanol–water partition coefficient (Wildman–Crippen LogP) is 3.19. The SMILES string of the molecule is OCCCCCNC1CCc2cc(Br)ccc21. The first kappa shape index (κ1) is 13.1. The molecule has 0 bridgehead atoms. The summed E-state index contributed by atoms with van der Waals surface area (Å²) in [5.41, 5.74) is 2.95. The van der Waals surface area contributed by atoms with Gasteiger partial charge >= 0.3 is 0 Å². The highest BCUT2D eigenvalue weighted by atomic mass is 79.9. The minimum absolute atomic E-state index is 0.320. The van der Waals surface area contributed by atoms with Crippen LogP contribution in [0.2, 0.25) is 0 Å². The van der Waals surface area contributed by atoms with E-state index in [1.165, 1.54) is 28.4 Å². The molecule has 0 saturated heterocycles. The highest BCUT2D eigenvalue weighted by Crippen LogP contribution is 2.32. The molecule has 1 unspecified atom stereocenters. The number of rotatable bonds is 6. The fourth-order valence-electron chi connectivity index (χ4n) is 2.49. The number of halogens is 1. The zero-order valence-corrected chi connectivity index (χ0v) is 11.7. The van der Waals surface area contributed by atoms with Crippen LogP contribution in [0.1, 0.15) is 42.9 Å². The van der Waals surface area contributed by atoms with Crippen molar-refractivity contribution in [3.8, 4) is 0 Å². The van der Waals surface area contributed by atoms with Crippen LogP contribution in [0, 0.1) is 0 Å². The van der Waals surface area contributed by atoms with Gasteiger partial charge in [0.15, 0.2) is 0 Å². The third kappa shape index (κ3) is 3.54. The van der Waals surface area contributed by atoms with E-state index in [-0.39, 0.29) is 0 Å². The summed E-state index contributed by atoms with van der Waals surface area (Å²) in [5.74, 6) is 0. The summed E-state index contributed by atoms with van der Waals surface area (Å²) in [6.07, 6.45) is 5.59. The van der Waals surface area contributed by atoms with Gasteiger partial charge in [0.2, 0.25) is 0 Å². The molecule has 17 heavy (non-hydrogen) atoms. The molecule has 0 spiro atoms. The van der Waals surface area contributed by atoms with E-state index in [1.807, 2.05) is 0 Å². The fraction of sp³-hybridized carbons (Fsp3) is 0.571. The van der Waals surface area contributed by atoms with E-state index < -0.39 is 0 Å². The normalized spacial score (nSPS) is 18.4. The molecule has 0 aliphatic heterocycles. The Labute approximate surface area is 112 Å². The Morgan fingerprint density at radius 1 is 1.29 bits per heavy atom. The molecule has 1 aromatic carbocycles. The Bertz CT molecular complexity index is 367. The van der Waals surface area contributed by atoms with E-state index in [9.17, 15) is 0 Å². The zero-order valence-electron chi connectivity index (χ0n) is 10.1. The van der Waals surface area contributed by atoms with Crippen molar-refractivity contribution in [2.45, 2.75) is 38.1 Å². The van der Waals surface area contributed by atoms with Crippen LogP contribution in [0.5, 0.6) is 0 Å². The molecule has 1 atom stereocenters. The largest absolute Gasteiger partial charge is 0.396 e. The van der Waals surface area contributed by atoms with E-state index in [1.54, 1.807) is 0 Å². The molecular formula is C14H20BrNO. The van der Waals surface area contributed by atoms with Crippen molar-refractivity contribution >= 4 is 15.9 Å². The predicted molar refractivity (Wildman–Crippen MR) is 74.1 cm³/mol. The first-order valence-corrected chi connectivity index (χ1v) is 7.23. The van der Waals surface area contributed by atoms with Crippen molar-refractivity contribution in [1.82, 2.24) is 5.32 Å². The molecule has 1 aromatic rings. The van der Waals surface area contributed by atoms with Crippen molar-refractivity contribution < 1.29 is 5.11 Å². The third-order valence-corrected chi connectivity index (χ3v) is 3.90. The molecule has 0 amide bonds. The Morgan fingerprint density at radius 3 is 3.00 bits per heavy atom. The van der Waals surface area contributed by atoms with Crippen LogP contribution in [-0.2, 0) is 6.42 Å². The van der Waals surface area contributed by atoms with Crippen molar-refractivity contribution in [3.05, 3.63) is 33.8 Å². The van der Waals surface area contributed by atoms with Crippen LogP contribution in [0.3, 0.4) is 0 Å². The monoisotopic (exact) mass is 297 g/mol. The number of nitrogens with one attached hydrogen (secondary N) is 1. The number of aryl methyl sites for hydroxylation is 1. The standard InChI is InChI=1S/C14H20BrNO/c15-12-5-6-13-11(10-12)4-7-14(13)16-8-2-1-3-9-17/h5-6,10,14,16-17H,1-4,7-9H2. The number of hydrogen-bond acceptors (Lipinski definition) is 2. The molecule has 0 radical (unpaired) electrons. The Balaban J connectivity index is 1.81. The molecule has 3 heteroatoms. The van der Waals surface area contributed by atoms with Crippen LogP contribution in [-0.4, -0.2) is 18.3 Å². The quantitative estimate of drug-likeness (QED) is 0.791. The van der Waals surface area contributed by atoms with Crippen LogP contribution < -0.4 is 5.32 Å². The van der Waals surface area contributed by atoms with Crippen molar-refractivity contribution in [2.24, 2.45) is 0 Å². The summed E-state index contributed by atoms with van der Waals surface area (Å²) in [6.45, 7) is 1.38. The van der Waals surface area contributed by atoms with E-state index >= 15 is 0 Å². The van der Waals surface area contributed by atoms with Gasteiger partial charge in [0.25, 0.3) is 0 Å². The van der Waals surface area contributed by atoms with E-state index in [2.05, 4.69) is 39.4 Å². The van der Waals surface area contributed by atoms with Crippen LogP contribution >= 0.6 is 15.9 Å². The second-order valence-corrected chi connectivity index (χ2v) is 5.59. The lowest BCUT2D eigenvalue weighted by Crippen LogP contribution is -2.20. The van der Waals surface area contributed by atoms with Gasteiger partial charge in [-0.25, -0.2) is 0 Å². The van der Waals surface area contributed by atoms with Crippen LogP contribution in [0.25, 0.3) is 0 Å². The molecule has 0 aromatic heterocycles. The first-order chi connectivity index (χ1) is 8.31. The maximum Gasteiger partial charge on any atom is 0.0431 e. The topological polar surface area (TPSA) is 32.3 Å². The second-order valence-electron chi connectivity index (χ2n) is 4.67. The second kappa shape index (κ2) is 6.53. The molecule has 1 aliphatic carbocycles. The number of unbranched alkanes of at least 4 members (excludes halogenated alkanes) is 2. The van der Waals surface area contributed by atoms with E-state index in [0.29, 0.717) is 12.6 Å².